The molecular formula is C15H11N3O. The van der Waals surface area contributed by atoms with Crippen molar-refractivity contribution in [2.45, 2.75) is 0 Å². The number of benzene rings is 1. The van der Waals surface area contributed by atoms with E-state index in [-0.39, 0.29) is 0 Å². The second-order valence-electron chi connectivity index (χ2n) is 4.12. The van der Waals surface area contributed by atoms with Crippen LogP contribution in [-0.4, -0.2) is 16.5 Å². The lowest BCUT2D eigenvalue weighted by atomic mass is 10.1. The number of hydrogen-bond acceptors (Lipinski definition) is 3. The van der Waals surface area contributed by atoms with Gasteiger partial charge in [-0.05, 0) is 24.3 Å². The molecule has 4 nitrogen and oxygen atoms in total. The summed E-state index contributed by atoms with van der Waals surface area (Å²) in [5.41, 5.74) is 3.18. The Balaban J connectivity index is 2.18. The van der Waals surface area contributed by atoms with Crippen molar-refractivity contribution in [1.82, 2.24) is 9.38 Å². The lowest BCUT2D eigenvalue weighted by Gasteiger charge is -2.04. The van der Waals surface area contributed by atoms with E-state index in [1.807, 2.05) is 40.9 Å². The molecule has 3 aromatic rings. The predicted molar refractivity (Wildman–Crippen MR) is 71.9 cm³/mol. The zero-order chi connectivity index (χ0) is 13.2. The van der Waals surface area contributed by atoms with Gasteiger partial charge in [0.15, 0.2) is 0 Å². The van der Waals surface area contributed by atoms with Gasteiger partial charge in [-0.25, -0.2) is 4.98 Å². The first kappa shape index (κ1) is 11.3. The molecule has 0 saturated heterocycles. The van der Waals surface area contributed by atoms with Crippen molar-refractivity contribution in [1.29, 1.82) is 5.26 Å². The lowest BCUT2D eigenvalue weighted by molar-refractivity contribution is 0.416. The number of aromatic nitrogens is 2. The molecule has 4 heteroatoms. The van der Waals surface area contributed by atoms with Crippen LogP contribution in [-0.2, 0) is 0 Å². The van der Waals surface area contributed by atoms with Crippen molar-refractivity contribution in [3.05, 3.63) is 54.4 Å². The van der Waals surface area contributed by atoms with E-state index in [9.17, 15) is 0 Å². The molecule has 0 spiro atoms. The number of ether oxygens (including phenoxy) is 1. The summed E-state index contributed by atoms with van der Waals surface area (Å²) in [6, 6.07) is 13.4. The summed E-state index contributed by atoms with van der Waals surface area (Å²) in [4.78, 5) is 4.54. The fourth-order valence-electron chi connectivity index (χ4n) is 2.04. The van der Waals surface area contributed by atoms with Crippen molar-refractivity contribution in [2.75, 3.05) is 7.11 Å². The highest BCUT2D eigenvalue weighted by Crippen LogP contribution is 2.28. The third kappa shape index (κ3) is 1.91. The van der Waals surface area contributed by atoms with Crippen molar-refractivity contribution in [3.8, 4) is 23.1 Å². The summed E-state index contributed by atoms with van der Waals surface area (Å²) in [6.45, 7) is 0. The quantitative estimate of drug-likeness (QED) is 0.701. The van der Waals surface area contributed by atoms with Gasteiger partial charge in [-0.1, -0.05) is 12.1 Å². The molecular weight excluding hydrogens is 238 g/mol. The normalized spacial score (nSPS) is 10.3. The summed E-state index contributed by atoms with van der Waals surface area (Å²) in [5.74, 6) is 0.784. The van der Waals surface area contributed by atoms with E-state index in [0.29, 0.717) is 5.56 Å². The van der Waals surface area contributed by atoms with E-state index < -0.39 is 0 Å². The summed E-state index contributed by atoms with van der Waals surface area (Å²) >= 11 is 0. The Hall–Kier alpha value is -2.80. The number of nitriles is 1. The first-order valence-corrected chi connectivity index (χ1v) is 5.84. The van der Waals surface area contributed by atoms with E-state index in [0.717, 1.165) is 22.7 Å². The first-order chi connectivity index (χ1) is 9.31. The van der Waals surface area contributed by atoms with Gasteiger partial charge in [0.05, 0.1) is 18.4 Å². The average Bonchev–Trinajstić information content (AvgIpc) is 2.89. The van der Waals surface area contributed by atoms with Crippen LogP contribution in [0.3, 0.4) is 0 Å². The Bertz CT molecular complexity index is 783. The van der Waals surface area contributed by atoms with Crippen LogP contribution >= 0.6 is 0 Å². The van der Waals surface area contributed by atoms with Gasteiger partial charge in [-0.2, -0.15) is 5.26 Å². The molecule has 0 amide bonds. The van der Waals surface area contributed by atoms with Crippen LogP contribution in [0.25, 0.3) is 16.9 Å². The predicted octanol–water partition coefficient (Wildman–Crippen LogP) is 2.88. The lowest BCUT2D eigenvalue weighted by Crippen LogP contribution is -1.86. The molecule has 3 rings (SSSR count). The topological polar surface area (TPSA) is 50.3 Å². The van der Waals surface area contributed by atoms with Gasteiger partial charge < -0.3 is 9.14 Å². The third-order valence-corrected chi connectivity index (χ3v) is 2.96. The number of methoxy groups -OCH3 is 1. The van der Waals surface area contributed by atoms with Gasteiger partial charge in [0.25, 0.3) is 0 Å². The van der Waals surface area contributed by atoms with Crippen molar-refractivity contribution in [2.24, 2.45) is 0 Å². The zero-order valence-corrected chi connectivity index (χ0v) is 10.4. The van der Waals surface area contributed by atoms with Crippen molar-refractivity contribution in [3.63, 3.8) is 0 Å². The van der Waals surface area contributed by atoms with Gasteiger partial charge in [0.1, 0.15) is 17.5 Å². The molecule has 92 valence electrons. The van der Waals surface area contributed by atoms with Crippen LogP contribution in [0.4, 0.5) is 0 Å². The molecule has 19 heavy (non-hydrogen) atoms. The molecule has 0 radical (unpaired) electrons. The number of rotatable bonds is 2. The zero-order valence-electron chi connectivity index (χ0n) is 10.4. The molecule has 0 aliphatic rings. The molecule has 0 aliphatic heterocycles. The maximum atomic E-state index is 8.90. The standard InChI is InChI=1S/C15H11N3O/c1-19-14-5-3-2-4-12(14)13-10-18-9-11(8-16)6-7-15(18)17-13/h2-7,9-10H,1H3. The summed E-state index contributed by atoms with van der Waals surface area (Å²) in [7, 11) is 1.64. The summed E-state index contributed by atoms with van der Waals surface area (Å²) in [5, 5.41) is 8.90. The molecule has 0 N–H and O–H groups in total. The van der Waals surface area contributed by atoms with E-state index in [2.05, 4.69) is 11.1 Å². The largest absolute Gasteiger partial charge is 0.496 e. The van der Waals surface area contributed by atoms with Crippen molar-refractivity contribution >= 4 is 5.65 Å². The van der Waals surface area contributed by atoms with Crippen LogP contribution in [0.5, 0.6) is 5.75 Å². The minimum absolute atomic E-state index is 0.608. The minimum Gasteiger partial charge on any atom is -0.496 e. The van der Waals surface area contributed by atoms with Gasteiger partial charge in [0, 0.05) is 18.0 Å². The van der Waals surface area contributed by atoms with Gasteiger partial charge in [-0.15, -0.1) is 0 Å². The highest BCUT2D eigenvalue weighted by atomic mass is 16.5. The average molecular weight is 249 g/mol. The van der Waals surface area contributed by atoms with E-state index in [4.69, 9.17) is 10.00 Å². The van der Waals surface area contributed by atoms with Gasteiger partial charge in [-0.3, -0.25) is 0 Å². The number of hydrogen-bond donors (Lipinski definition) is 0. The third-order valence-electron chi connectivity index (χ3n) is 2.96. The smallest absolute Gasteiger partial charge is 0.137 e. The Kier molecular flexibility index (Phi) is 2.66. The fraction of sp³-hybridized carbons (Fsp3) is 0.0667. The Morgan fingerprint density at radius 3 is 2.79 bits per heavy atom. The molecule has 0 fully saturated rings. The molecule has 0 aliphatic carbocycles. The fourth-order valence-corrected chi connectivity index (χ4v) is 2.04. The maximum absolute atomic E-state index is 8.90. The molecule has 0 bridgehead atoms. The van der Waals surface area contributed by atoms with Gasteiger partial charge in [0.2, 0.25) is 0 Å². The highest BCUT2D eigenvalue weighted by Gasteiger charge is 2.09. The molecule has 2 heterocycles. The second kappa shape index (κ2) is 4.46. The number of pyridine rings is 1. The molecule has 0 unspecified atom stereocenters. The number of imidazole rings is 1. The second-order valence-corrected chi connectivity index (χ2v) is 4.12. The minimum atomic E-state index is 0.608. The van der Waals surface area contributed by atoms with E-state index in [1.165, 1.54) is 0 Å². The van der Waals surface area contributed by atoms with Crippen LogP contribution in [0, 0.1) is 11.3 Å². The summed E-state index contributed by atoms with van der Waals surface area (Å²) < 4.78 is 7.19. The maximum Gasteiger partial charge on any atom is 0.137 e. The Morgan fingerprint density at radius 1 is 1.16 bits per heavy atom. The van der Waals surface area contributed by atoms with Crippen LogP contribution in [0.15, 0.2) is 48.8 Å². The molecule has 2 aromatic heterocycles. The first-order valence-electron chi connectivity index (χ1n) is 5.84. The number of fused-ring (bicyclic) bond motifs is 1. The molecule has 1 aromatic carbocycles. The number of para-hydroxylation sites is 1. The van der Waals surface area contributed by atoms with Crippen LogP contribution in [0.1, 0.15) is 5.56 Å². The Labute approximate surface area is 110 Å². The van der Waals surface area contributed by atoms with E-state index >= 15 is 0 Å². The SMILES string of the molecule is COc1ccccc1-c1cn2cc(C#N)ccc2n1. The van der Waals surface area contributed by atoms with Crippen molar-refractivity contribution < 1.29 is 4.74 Å². The monoisotopic (exact) mass is 249 g/mol. The number of nitrogens with zero attached hydrogens (tertiary/aromatic N) is 3. The van der Waals surface area contributed by atoms with E-state index in [1.54, 1.807) is 19.4 Å². The summed E-state index contributed by atoms with van der Waals surface area (Å²) in [6.07, 6.45) is 3.66. The highest BCUT2D eigenvalue weighted by molar-refractivity contribution is 5.69. The van der Waals surface area contributed by atoms with Crippen LogP contribution in [0.2, 0.25) is 0 Å². The Morgan fingerprint density at radius 2 is 2.00 bits per heavy atom. The van der Waals surface area contributed by atoms with Gasteiger partial charge >= 0.3 is 0 Å². The molecule has 0 atom stereocenters. The molecule has 0 saturated carbocycles. The van der Waals surface area contributed by atoms with Crippen LogP contribution < -0.4 is 4.74 Å².